The maximum atomic E-state index is 10.9. The summed E-state index contributed by atoms with van der Waals surface area (Å²) < 4.78 is 10.6. The number of hydrogen-bond acceptors (Lipinski definition) is 3. The van der Waals surface area contributed by atoms with Crippen LogP contribution in [0.2, 0.25) is 0 Å². The van der Waals surface area contributed by atoms with Gasteiger partial charge in [-0.3, -0.25) is 4.79 Å². The summed E-state index contributed by atoms with van der Waals surface area (Å²) in [6.45, 7) is 5.39. The monoisotopic (exact) mass is 270 g/mol. The summed E-state index contributed by atoms with van der Waals surface area (Å²) in [6.07, 6.45) is 0.170. The van der Waals surface area contributed by atoms with Crippen molar-refractivity contribution < 1.29 is 14.3 Å². The molecule has 2 aromatic carbocycles. The van der Waals surface area contributed by atoms with Gasteiger partial charge >= 0.3 is 5.97 Å². The van der Waals surface area contributed by atoms with Gasteiger partial charge in [0, 0.05) is 6.92 Å². The molecule has 0 unspecified atom stereocenters. The molecule has 3 nitrogen and oxygen atoms in total. The molecule has 0 aromatic heterocycles. The smallest absolute Gasteiger partial charge is 0.308 e. The molecule has 20 heavy (non-hydrogen) atoms. The second kappa shape index (κ2) is 6.24. The molecule has 104 valence electrons. The van der Waals surface area contributed by atoms with Crippen molar-refractivity contribution in [2.75, 3.05) is 0 Å². The quantitative estimate of drug-likeness (QED) is 0.620. The van der Waals surface area contributed by atoms with Crippen LogP contribution in [-0.4, -0.2) is 12.1 Å². The Morgan fingerprint density at radius 3 is 1.70 bits per heavy atom. The first-order valence-corrected chi connectivity index (χ1v) is 6.60. The third-order valence-corrected chi connectivity index (χ3v) is 2.68. The molecule has 0 aliphatic heterocycles. The lowest BCUT2D eigenvalue weighted by molar-refractivity contribution is -0.131. The van der Waals surface area contributed by atoms with Crippen molar-refractivity contribution in [1.29, 1.82) is 0 Å². The van der Waals surface area contributed by atoms with E-state index in [2.05, 4.69) is 0 Å². The number of hydrogen-bond donors (Lipinski definition) is 0. The molecule has 0 aliphatic carbocycles. The highest BCUT2D eigenvalue weighted by Crippen LogP contribution is 2.25. The molecule has 0 atom stereocenters. The van der Waals surface area contributed by atoms with Crippen molar-refractivity contribution in [3.05, 3.63) is 48.5 Å². The Morgan fingerprint density at radius 1 is 0.850 bits per heavy atom. The van der Waals surface area contributed by atoms with Crippen LogP contribution in [0.5, 0.6) is 11.5 Å². The van der Waals surface area contributed by atoms with Gasteiger partial charge in [-0.1, -0.05) is 24.3 Å². The first-order valence-electron chi connectivity index (χ1n) is 6.60. The Hall–Kier alpha value is -2.29. The minimum absolute atomic E-state index is 0.170. The van der Waals surface area contributed by atoms with E-state index in [1.807, 2.05) is 50.2 Å². The fourth-order valence-electron chi connectivity index (χ4n) is 1.88. The van der Waals surface area contributed by atoms with Gasteiger partial charge in [0.05, 0.1) is 6.10 Å². The van der Waals surface area contributed by atoms with E-state index in [0.717, 1.165) is 16.9 Å². The van der Waals surface area contributed by atoms with Gasteiger partial charge in [0.25, 0.3) is 0 Å². The molecule has 0 aliphatic rings. The summed E-state index contributed by atoms with van der Waals surface area (Å²) in [6, 6.07) is 15.4. The third-order valence-electron chi connectivity index (χ3n) is 2.68. The van der Waals surface area contributed by atoms with Crippen molar-refractivity contribution in [3.63, 3.8) is 0 Å². The van der Waals surface area contributed by atoms with E-state index in [1.165, 1.54) is 6.92 Å². The highest BCUT2D eigenvalue weighted by atomic mass is 16.5. The first kappa shape index (κ1) is 14.1. The molecule has 0 amide bonds. The summed E-state index contributed by atoms with van der Waals surface area (Å²) in [4.78, 5) is 10.9. The van der Waals surface area contributed by atoms with Crippen molar-refractivity contribution in [2.24, 2.45) is 0 Å². The SMILES string of the molecule is CC(=O)Oc1ccc(-c2ccc(OC(C)C)cc2)cc1. The Morgan fingerprint density at radius 2 is 1.30 bits per heavy atom. The fourth-order valence-corrected chi connectivity index (χ4v) is 1.88. The van der Waals surface area contributed by atoms with E-state index in [0.29, 0.717) is 5.75 Å². The van der Waals surface area contributed by atoms with Crippen LogP contribution in [-0.2, 0) is 4.79 Å². The van der Waals surface area contributed by atoms with E-state index in [4.69, 9.17) is 9.47 Å². The molecule has 0 saturated heterocycles. The van der Waals surface area contributed by atoms with Crippen LogP contribution in [0.4, 0.5) is 0 Å². The molecule has 0 saturated carbocycles. The second-order valence-corrected chi connectivity index (χ2v) is 4.81. The highest BCUT2D eigenvalue weighted by molar-refractivity contribution is 5.70. The van der Waals surface area contributed by atoms with Gasteiger partial charge in [0.2, 0.25) is 0 Å². The van der Waals surface area contributed by atoms with Gasteiger partial charge in [-0.05, 0) is 49.2 Å². The van der Waals surface area contributed by atoms with E-state index < -0.39 is 0 Å². The highest BCUT2D eigenvalue weighted by Gasteiger charge is 2.02. The Balaban J connectivity index is 2.13. The lowest BCUT2D eigenvalue weighted by Gasteiger charge is -2.10. The van der Waals surface area contributed by atoms with Crippen LogP contribution in [0, 0.1) is 0 Å². The van der Waals surface area contributed by atoms with Crippen LogP contribution >= 0.6 is 0 Å². The average Bonchev–Trinajstić information content (AvgIpc) is 2.39. The summed E-state index contributed by atoms with van der Waals surface area (Å²) in [5.41, 5.74) is 2.16. The van der Waals surface area contributed by atoms with Crippen LogP contribution in [0.25, 0.3) is 11.1 Å². The van der Waals surface area contributed by atoms with Crippen molar-refractivity contribution in [2.45, 2.75) is 26.9 Å². The summed E-state index contributed by atoms with van der Waals surface area (Å²) in [7, 11) is 0. The van der Waals surface area contributed by atoms with Crippen LogP contribution < -0.4 is 9.47 Å². The van der Waals surface area contributed by atoms with E-state index in [9.17, 15) is 4.79 Å². The second-order valence-electron chi connectivity index (χ2n) is 4.81. The molecule has 0 radical (unpaired) electrons. The molecule has 0 bridgehead atoms. The largest absolute Gasteiger partial charge is 0.491 e. The summed E-state index contributed by atoms with van der Waals surface area (Å²) in [5.74, 6) is 1.11. The van der Waals surface area contributed by atoms with Gasteiger partial charge in [-0.2, -0.15) is 0 Å². The zero-order chi connectivity index (χ0) is 14.5. The van der Waals surface area contributed by atoms with Crippen LogP contribution in [0.1, 0.15) is 20.8 Å². The average molecular weight is 270 g/mol. The standard InChI is InChI=1S/C17H18O3/c1-12(2)19-16-8-4-14(5-9-16)15-6-10-17(11-7-15)20-13(3)18/h4-12H,1-3H3. The van der Waals surface area contributed by atoms with Gasteiger partial charge in [-0.15, -0.1) is 0 Å². The summed E-state index contributed by atoms with van der Waals surface area (Å²) in [5, 5.41) is 0. The zero-order valence-electron chi connectivity index (χ0n) is 11.9. The molecule has 0 N–H and O–H groups in total. The van der Waals surface area contributed by atoms with E-state index in [1.54, 1.807) is 12.1 Å². The maximum Gasteiger partial charge on any atom is 0.308 e. The van der Waals surface area contributed by atoms with Gasteiger partial charge in [0.1, 0.15) is 11.5 Å². The lowest BCUT2D eigenvalue weighted by atomic mass is 10.1. The molecule has 3 heteroatoms. The van der Waals surface area contributed by atoms with Crippen LogP contribution in [0.3, 0.4) is 0 Å². The fraction of sp³-hybridized carbons (Fsp3) is 0.235. The number of carbonyl (C=O) groups excluding carboxylic acids is 1. The Labute approximate surface area is 119 Å². The molecule has 0 heterocycles. The predicted octanol–water partition coefficient (Wildman–Crippen LogP) is 4.07. The zero-order valence-corrected chi connectivity index (χ0v) is 11.9. The molecule has 2 aromatic rings. The molecule has 0 fully saturated rings. The number of carbonyl (C=O) groups is 1. The number of rotatable bonds is 4. The maximum absolute atomic E-state index is 10.9. The molecular weight excluding hydrogens is 252 g/mol. The molecule has 2 rings (SSSR count). The van der Waals surface area contributed by atoms with E-state index in [-0.39, 0.29) is 12.1 Å². The minimum atomic E-state index is -0.312. The van der Waals surface area contributed by atoms with Crippen molar-refractivity contribution in [1.82, 2.24) is 0 Å². The minimum Gasteiger partial charge on any atom is -0.491 e. The van der Waals surface area contributed by atoms with Gasteiger partial charge in [0.15, 0.2) is 0 Å². The van der Waals surface area contributed by atoms with Crippen molar-refractivity contribution >= 4 is 5.97 Å². The Bertz CT molecular complexity index is 568. The lowest BCUT2D eigenvalue weighted by Crippen LogP contribution is -2.05. The van der Waals surface area contributed by atoms with Gasteiger partial charge < -0.3 is 9.47 Å². The molecular formula is C17H18O3. The summed E-state index contributed by atoms with van der Waals surface area (Å²) >= 11 is 0. The Kier molecular flexibility index (Phi) is 4.41. The van der Waals surface area contributed by atoms with Crippen molar-refractivity contribution in [3.8, 4) is 22.6 Å². The third kappa shape index (κ3) is 3.85. The van der Waals surface area contributed by atoms with Gasteiger partial charge in [-0.25, -0.2) is 0 Å². The number of ether oxygens (including phenoxy) is 2. The van der Waals surface area contributed by atoms with Crippen LogP contribution in [0.15, 0.2) is 48.5 Å². The first-order chi connectivity index (χ1) is 9.54. The predicted molar refractivity (Wildman–Crippen MR) is 79.0 cm³/mol. The number of esters is 1. The van der Waals surface area contributed by atoms with E-state index >= 15 is 0 Å². The molecule has 0 spiro atoms. The number of benzene rings is 2. The normalized spacial score (nSPS) is 10.4. The topological polar surface area (TPSA) is 35.5 Å².